The van der Waals surface area contributed by atoms with E-state index in [1.807, 2.05) is 25.1 Å². The predicted octanol–water partition coefficient (Wildman–Crippen LogP) is 4.71. The minimum Gasteiger partial charge on any atom is -0.507 e. The lowest BCUT2D eigenvalue weighted by molar-refractivity contribution is 0.474. The van der Waals surface area contributed by atoms with Gasteiger partial charge in [-0.15, -0.1) is 0 Å². The molecule has 2 aromatic rings. The molecule has 2 aromatic carbocycles. The van der Waals surface area contributed by atoms with E-state index in [0.717, 1.165) is 16.8 Å². The van der Waals surface area contributed by atoms with Crippen molar-refractivity contribution in [3.05, 3.63) is 63.6 Å². The summed E-state index contributed by atoms with van der Waals surface area (Å²) in [6, 6.07) is 12.6. The molecule has 0 aliphatic carbocycles. The third-order valence-corrected chi connectivity index (χ3v) is 3.52. The zero-order valence-corrected chi connectivity index (χ0v) is 11.9. The molecule has 0 radical (unpaired) electrons. The first-order valence-corrected chi connectivity index (χ1v) is 6.57. The van der Waals surface area contributed by atoms with Gasteiger partial charge in [-0.3, -0.25) is 4.99 Å². The standard InChI is InChI=1S/C15H13Cl2NO/c1-10(12-4-2-3-5-15(12)19)18-9-11-6-7-13(16)14(17)8-11/h2-8,19H,9H2,1H3. The second kappa shape index (κ2) is 6.09. The van der Waals surface area contributed by atoms with E-state index in [1.54, 1.807) is 24.3 Å². The summed E-state index contributed by atoms with van der Waals surface area (Å²) in [6.07, 6.45) is 0. The van der Waals surface area contributed by atoms with E-state index in [0.29, 0.717) is 16.6 Å². The molecule has 1 N–H and O–H groups in total. The van der Waals surface area contributed by atoms with E-state index in [4.69, 9.17) is 23.2 Å². The maximum atomic E-state index is 9.74. The molecule has 0 fully saturated rings. The summed E-state index contributed by atoms with van der Waals surface area (Å²) in [7, 11) is 0. The summed E-state index contributed by atoms with van der Waals surface area (Å²) >= 11 is 11.8. The minimum absolute atomic E-state index is 0.234. The van der Waals surface area contributed by atoms with E-state index >= 15 is 0 Å². The Kier molecular flexibility index (Phi) is 4.46. The topological polar surface area (TPSA) is 32.6 Å². The fraction of sp³-hybridized carbons (Fsp3) is 0.133. The average molecular weight is 294 g/mol. The first kappa shape index (κ1) is 13.9. The van der Waals surface area contributed by atoms with Gasteiger partial charge in [-0.1, -0.05) is 41.4 Å². The Morgan fingerprint density at radius 1 is 1.11 bits per heavy atom. The van der Waals surface area contributed by atoms with Crippen LogP contribution in [0.2, 0.25) is 10.0 Å². The molecule has 19 heavy (non-hydrogen) atoms. The van der Waals surface area contributed by atoms with Crippen LogP contribution in [0.15, 0.2) is 47.5 Å². The molecule has 0 unspecified atom stereocenters. The third-order valence-electron chi connectivity index (χ3n) is 2.78. The number of nitrogens with zero attached hydrogens (tertiary/aromatic N) is 1. The van der Waals surface area contributed by atoms with Crippen LogP contribution in [0.25, 0.3) is 0 Å². The zero-order valence-electron chi connectivity index (χ0n) is 10.4. The third kappa shape index (κ3) is 3.49. The molecule has 0 amide bonds. The lowest BCUT2D eigenvalue weighted by Crippen LogP contribution is -1.96. The molecule has 0 heterocycles. The second-order valence-corrected chi connectivity index (χ2v) is 4.98. The van der Waals surface area contributed by atoms with Gasteiger partial charge >= 0.3 is 0 Å². The van der Waals surface area contributed by atoms with Crippen molar-refractivity contribution in [2.75, 3.05) is 0 Å². The van der Waals surface area contributed by atoms with Gasteiger partial charge in [-0.25, -0.2) is 0 Å². The van der Waals surface area contributed by atoms with Gasteiger partial charge in [0.05, 0.1) is 16.6 Å². The van der Waals surface area contributed by atoms with Crippen molar-refractivity contribution >= 4 is 28.9 Å². The highest BCUT2D eigenvalue weighted by atomic mass is 35.5. The van der Waals surface area contributed by atoms with Gasteiger partial charge in [0.25, 0.3) is 0 Å². The number of phenolic OH excluding ortho intramolecular Hbond substituents is 1. The fourth-order valence-corrected chi connectivity index (χ4v) is 2.03. The number of halogens is 2. The van der Waals surface area contributed by atoms with Crippen LogP contribution in [0.1, 0.15) is 18.1 Å². The number of phenols is 1. The minimum atomic E-state index is 0.234. The molecule has 0 atom stereocenters. The Bertz CT molecular complexity index is 623. The molecule has 4 heteroatoms. The SMILES string of the molecule is CC(=NCc1ccc(Cl)c(Cl)c1)c1ccccc1O. The molecule has 98 valence electrons. The van der Waals surface area contributed by atoms with Crippen LogP contribution in [0, 0.1) is 0 Å². The summed E-state index contributed by atoms with van der Waals surface area (Å²) in [4.78, 5) is 4.45. The summed E-state index contributed by atoms with van der Waals surface area (Å²) in [6.45, 7) is 2.36. The van der Waals surface area contributed by atoms with Gasteiger partial charge in [-0.2, -0.15) is 0 Å². The fourth-order valence-electron chi connectivity index (χ4n) is 1.71. The summed E-state index contributed by atoms with van der Waals surface area (Å²) in [5.41, 5.74) is 2.50. The van der Waals surface area contributed by atoms with E-state index in [2.05, 4.69) is 4.99 Å². The van der Waals surface area contributed by atoms with Crippen LogP contribution in [0.4, 0.5) is 0 Å². The lowest BCUT2D eigenvalue weighted by Gasteiger charge is -2.05. The van der Waals surface area contributed by atoms with Gasteiger partial charge < -0.3 is 5.11 Å². The molecular formula is C15H13Cl2NO. The molecule has 0 aromatic heterocycles. The highest BCUT2D eigenvalue weighted by Crippen LogP contribution is 2.23. The monoisotopic (exact) mass is 293 g/mol. The van der Waals surface area contributed by atoms with E-state index in [-0.39, 0.29) is 5.75 Å². The van der Waals surface area contributed by atoms with Crippen molar-refractivity contribution in [2.45, 2.75) is 13.5 Å². The Hall–Kier alpha value is -1.51. The maximum absolute atomic E-state index is 9.74. The van der Waals surface area contributed by atoms with Crippen molar-refractivity contribution in [1.29, 1.82) is 0 Å². The van der Waals surface area contributed by atoms with Crippen molar-refractivity contribution in [2.24, 2.45) is 4.99 Å². The number of hydrogen-bond acceptors (Lipinski definition) is 2. The Labute approximate surface area is 122 Å². The molecular weight excluding hydrogens is 281 g/mol. The summed E-state index contributed by atoms with van der Waals surface area (Å²) in [5, 5.41) is 10.8. The molecule has 0 saturated heterocycles. The largest absolute Gasteiger partial charge is 0.507 e. The Morgan fingerprint density at radius 3 is 2.53 bits per heavy atom. The maximum Gasteiger partial charge on any atom is 0.124 e. The molecule has 0 aliphatic heterocycles. The van der Waals surface area contributed by atoms with Crippen LogP contribution in [0.5, 0.6) is 5.75 Å². The van der Waals surface area contributed by atoms with E-state index in [9.17, 15) is 5.11 Å². The number of para-hydroxylation sites is 1. The van der Waals surface area contributed by atoms with Gasteiger partial charge in [-0.05, 0) is 36.8 Å². The lowest BCUT2D eigenvalue weighted by atomic mass is 10.1. The highest BCUT2D eigenvalue weighted by molar-refractivity contribution is 6.42. The van der Waals surface area contributed by atoms with Crippen molar-refractivity contribution < 1.29 is 5.11 Å². The van der Waals surface area contributed by atoms with Crippen molar-refractivity contribution in [1.82, 2.24) is 0 Å². The van der Waals surface area contributed by atoms with Crippen LogP contribution < -0.4 is 0 Å². The number of aromatic hydroxyl groups is 1. The van der Waals surface area contributed by atoms with Gasteiger partial charge in [0.2, 0.25) is 0 Å². The first-order chi connectivity index (χ1) is 9.08. The van der Waals surface area contributed by atoms with Crippen molar-refractivity contribution in [3.63, 3.8) is 0 Å². The van der Waals surface area contributed by atoms with Gasteiger partial charge in [0.1, 0.15) is 5.75 Å². The Morgan fingerprint density at radius 2 is 1.84 bits per heavy atom. The number of hydrogen-bond donors (Lipinski definition) is 1. The predicted molar refractivity (Wildman–Crippen MR) is 80.5 cm³/mol. The Balaban J connectivity index is 2.18. The van der Waals surface area contributed by atoms with E-state index in [1.165, 1.54) is 0 Å². The zero-order chi connectivity index (χ0) is 13.8. The summed E-state index contributed by atoms with van der Waals surface area (Å²) in [5.74, 6) is 0.234. The summed E-state index contributed by atoms with van der Waals surface area (Å²) < 4.78 is 0. The molecule has 0 saturated carbocycles. The second-order valence-electron chi connectivity index (χ2n) is 4.17. The molecule has 2 rings (SSSR count). The normalized spacial score (nSPS) is 11.6. The quantitative estimate of drug-likeness (QED) is 0.817. The number of rotatable bonds is 3. The molecule has 2 nitrogen and oxygen atoms in total. The first-order valence-electron chi connectivity index (χ1n) is 5.81. The highest BCUT2D eigenvalue weighted by Gasteiger charge is 2.03. The number of aliphatic imine (C=N–C) groups is 1. The van der Waals surface area contributed by atoms with E-state index < -0.39 is 0 Å². The smallest absolute Gasteiger partial charge is 0.124 e. The van der Waals surface area contributed by atoms with Crippen LogP contribution >= 0.6 is 23.2 Å². The molecule has 0 spiro atoms. The van der Waals surface area contributed by atoms with Crippen LogP contribution in [0.3, 0.4) is 0 Å². The van der Waals surface area contributed by atoms with Gasteiger partial charge in [0.15, 0.2) is 0 Å². The van der Waals surface area contributed by atoms with Crippen LogP contribution in [-0.2, 0) is 6.54 Å². The average Bonchev–Trinajstić information content (AvgIpc) is 2.40. The number of benzene rings is 2. The van der Waals surface area contributed by atoms with Crippen LogP contribution in [-0.4, -0.2) is 10.8 Å². The molecule has 0 bridgehead atoms. The molecule has 0 aliphatic rings. The van der Waals surface area contributed by atoms with Crippen molar-refractivity contribution in [3.8, 4) is 5.75 Å². The van der Waals surface area contributed by atoms with Gasteiger partial charge in [0, 0.05) is 11.3 Å².